The van der Waals surface area contributed by atoms with Gasteiger partial charge in [-0.2, -0.15) is 10.1 Å². The van der Waals surface area contributed by atoms with Crippen LogP contribution in [0, 0.1) is 0 Å². The molecule has 0 unspecified atom stereocenters. The van der Waals surface area contributed by atoms with Gasteiger partial charge in [0.25, 0.3) is 5.91 Å². The molecule has 26 heavy (non-hydrogen) atoms. The number of ether oxygens (including phenoxy) is 2. The molecule has 0 saturated carbocycles. The minimum Gasteiger partial charge on any atom is -0.497 e. The number of aliphatic hydroxyl groups is 1. The second kappa shape index (κ2) is 7.17. The Morgan fingerprint density at radius 2 is 1.85 bits per heavy atom. The van der Waals surface area contributed by atoms with Crippen LogP contribution < -0.4 is 9.47 Å². The van der Waals surface area contributed by atoms with Gasteiger partial charge in [-0.05, 0) is 42.8 Å². The Balaban J connectivity index is 2.00. The molecule has 0 fully saturated rings. The maximum atomic E-state index is 13.0. The summed E-state index contributed by atoms with van der Waals surface area (Å²) < 4.78 is 10.4. The van der Waals surface area contributed by atoms with Crippen molar-refractivity contribution >= 4 is 11.6 Å². The van der Waals surface area contributed by atoms with E-state index < -0.39 is 5.72 Å². The monoisotopic (exact) mass is 354 g/mol. The molecule has 1 atom stereocenters. The number of amides is 1. The van der Waals surface area contributed by atoms with Crippen LogP contribution in [0.25, 0.3) is 0 Å². The van der Waals surface area contributed by atoms with Crippen LogP contribution in [-0.2, 0) is 5.72 Å². The predicted octanol–water partition coefficient (Wildman–Crippen LogP) is 3.16. The van der Waals surface area contributed by atoms with Crippen LogP contribution in [0.2, 0.25) is 0 Å². The number of rotatable bonds is 5. The fourth-order valence-electron chi connectivity index (χ4n) is 2.98. The van der Waals surface area contributed by atoms with Crippen molar-refractivity contribution in [3.63, 3.8) is 0 Å². The molecule has 0 bridgehead atoms. The summed E-state index contributed by atoms with van der Waals surface area (Å²) in [7, 11) is 3.13. The lowest BCUT2D eigenvalue weighted by Crippen LogP contribution is -2.43. The number of nitrogens with zero attached hydrogens (tertiary/aromatic N) is 2. The summed E-state index contributed by atoms with van der Waals surface area (Å²) in [4.78, 5) is 13.0. The van der Waals surface area contributed by atoms with Gasteiger partial charge in [-0.3, -0.25) is 4.79 Å². The van der Waals surface area contributed by atoms with Gasteiger partial charge in [0, 0.05) is 23.3 Å². The number of hydrazone groups is 1. The molecule has 1 N–H and O–H groups in total. The molecule has 1 aliphatic rings. The fourth-order valence-corrected chi connectivity index (χ4v) is 2.98. The van der Waals surface area contributed by atoms with Gasteiger partial charge in [0.05, 0.1) is 14.2 Å². The molecule has 0 spiro atoms. The molecule has 1 heterocycles. The Morgan fingerprint density at radius 3 is 2.46 bits per heavy atom. The van der Waals surface area contributed by atoms with E-state index >= 15 is 0 Å². The van der Waals surface area contributed by atoms with Crippen LogP contribution >= 0.6 is 0 Å². The summed E-state index contributed by atoms with van der Waals surface area (Å²) in [5.41, 5.74) is 0.202. The molecule has 0 radical (unpaired) electrons. The van der Waals surface area contributed by atoms with E-state index in [9.17, 15) is 9.90 Å². The number of carbonyl (C=O) groups is 1. The van der Waals surface area contributed by atoms with Crippen molar-refractivity contribution in [3.05, 3.63) is 59.7 Å². The lowest BCUT2D eigenvalue weighted by Gasteiger charge is -2.31. The quantitative estimate of drug-likeness (QED) is 0.895. The number of carbonyl (C=O) groups excluding carboxylic acids is 1. The molecule has 0 aromatic heterocycles. The molecule has 3 rings (SSSR count). The minimum absolute atomic E-state index is 0.262. The average Bonchev–Trinajstić information content (AvgIpc) is 3.05. The van der Waals surface area contributed by atoms with E-state index in [1.165, 1.54) is 5.01 Å². The Labute approximate surface area is 152 Å². The molecule has 2 aromatic rings. The van der Waals surface area contributed by atoms with Gasteiger partial charge in [-0.25, -0.2) is 0 Å². The highest BCUT2D eigenvalue weighted by Crippen LogP contribution is 2.38. The molecule has 1 aliphatic heterocycles. The van der Waals surface area contributed by atoms with Crippen LogP contribution in [0.4, 0.5) is 0 Å². The van der Waals surface area contributed by atoms with Gasteiger partial charge in [0.2, 0.25) is 0 Å². The van der Waals surface area contributed by atoms with Crippen molar-refractivity contribution in [1.82, 2.24) is 5.01 Å². The number of methoxy groups -OCH3 is 2. The highest BCUT2D eigenvalue weighted by atomic mass is 16.5. The molecule has 6 heteroatoms. The van der Waals surface area contributed by atoms with Crippen molar-refractivity contribution < 1.29 is 19.4 Å². The molecule has 6 nitrogen and oxygen atoms in total. The number of hydrogen-bond donors (Lipinski definition) is 1. The zero-order valence-electron chi connectivity index (χ0n) is 15.1. The van der Waals surface area contributed by atoms with E-state index in [4.69, 9.17) is 9.47 Å². The smallest absolute Gasteiger partial charge is 0.276 e. The lowest BCUT2D eigenvalue weighted by molar-refractivity contribution is -0.0766. The summed E-state index contributed by atoms with van der Waals surface area (Å²) in [6.07, 6.45) is 0.914. The maximum absolute atomic E-state index is 13.0. The molecule has 2 aromatic carbocycles. The zero-order chi connectivity index (χ0) is 18.7. The van der Waals surface area contributed by atoms with Crippen LogP contribution in [0.1, 0.15) is 35.7 Å². The SMILES string of the molecule is CCC1=NN(C(=O)c2ccc(OC)cc2)[C@@](O)(c2cccc(OC)c2)C1. The molecule has 0 aliphatic carbocycles. The van der Waals surface area contributed by atoms with Gasteiger partial charge < -0.3 is 14.6 Å². The first kappa shape index (κ1) is 17.9. The van der Waals surface area contributed by atoms with E-state index in [1.807, 2.05) is 6.92 Å². The first-order valence-electron chi connectivity index (χ1n) is 8.43. The van der Waals surface area contributed by atoms with Crippen molar-refractivity contribution in [2.45, 2.75) is 25.5 Å². The fraction of sp³-hybridized carbons (Fsp3) is 0.300. The van der Waals surface area contributed by atoms with Crippen LogP contribution in [0.5, 0.6) is 11.5 Å². The van der Waals surface area contributed by atoms with Gasteiger partial charge in [-0.1, -0.05) is 19.1 Å². The molecular formula is C20H22N2O4. The summed E-state index contributed by atoms with van der Waals surface area (Å²) >= 11 is 0. The van der Waals surface area contributed by atoms with Gasteiger partial charge in [-0.15, -0.1) is 0 Å². The minimum atomic E-state index is -1.54. The van der Waals surface area contributed by atoms with Crippen molar-refractivity contribution in [2.75, 3.05) is 14.2 Å². The van der Waals surface area contributed by atoms with E-state index in [0.717, 1.165) is 5.71 Å². The Kier molecular flexibility index (Phi) is 4.95. The largest absolute Gasteiger partial charge is 0.497 e. The average molecular weight is 354 g/mol. The summed E-state index contributed by atoms with van der Waals surface area (Å²) in [6, 6.07) is 13.8. The van der Waals surface area contributed by atoms with Crippen LogP contribution in [0.15, 0.2) is 53.6 Å². The third kappa shape index (κ3) is 3.15. The summed E-state index contributed by atoms with van der Waals surface area (Å²) in [6.45, 7) is 1.95. The molecular weight excluding hydrogens is 332 g/mol. The second-order valence-corrected chi connectivity index (χ2v) is 6.09. The summed E-state index contributed by atoms with van der Waals surface area (Å²) in [5.74, 6) is 0.892. The van der Waals surface area contributed by atoms with Crippen LogP contribution in [-0.4, -0.2) is 36.0 Å². The van der Waals surface area contributed by atoms with E-state index in [1.54, 1.807) is 62.8 Å². The van der Waals surface area contributed by atoms with Crippen LogP contribution in [0.3, 0.4) is 0 Å². The van der Waals surface area contributed by atoms with Gasteiger partial charge in [0.15, 0.2) is 5.72 Å². The van der Waals surface area contributed by atoms with Crippen molar-refractivity contribution in [1.29, 1.82) is 0 Å². The molecule has 0 saturated heterocycles. The second-order valence-electron chi connectivity index (χ2n) is 6.09. The maximum Gasteiger partial charge on any atom is 0.276 e. The predicted molar refractivity (Wildman–Crippen MR) is 98.4 cm³/mol. The Bertz CT molecular complexity index is 832. The third-order valence-corrected chi connectivity index (χ3v) is 4.51. The standard InChI is InChI=1S/C20H22N2O4/c1-4-16-13-20(24,15-6-5-7-18(12-15)26-3)22(21-16)19(23)14-8-10-17(25-2)11-9-14/h5-12,24H,4,13H2,1-3H3/t20-/m0/s1. The summed E-state index contributed by atoms with van der Waals surface area (Å²) in [5, 5.41) is 16.9. The van der Waals surface area contributed by atoms with Crippen molar-refractivity contribution in [2.24, 2.45) is 5.10 Å². The number of hydrogen-bond acceptors (Lipinski definition) is 5. The Hall–Kier alpha value is -2.86. The first-order chi connectivity index (χ1) is 12.5. The van der Waals surface area contributed by atoms with E-state index in [-0.39, 0.29) is 12.3 Å². The highest BCUT2D eigenvalue weighted by molar-refractivity contribution is 5.98. The van der Waals surface area contributed by atoms with Crippen molar-refractivity contribution in [3.8, 4) is 11.5 Å². The zero-order valence-corrected chi connectivity index (χ0v) is 15.1. The Morgan fingerprint density at radius 1 is 1.15 bits per heavy atom. The van der Waals surface area contributed by atoms with Gasteiger partial charge in [0.1, 0.15) is 11.5 Å². The van der Waals surface area contributed by atoms with E-state index in [0.29, 0.717) is 29.0 Å². The topological polar surface area (TPSA) is 71.4 Å². The third-order valence-electron chi connectivity index (χ3n) is 4.51. The van der Waals surface area contributed by atoms with E-state index in [2.05, 4.69) is 5.10 Å². The lowest BCUT2D eigenvalue weighted by atomic mass is 9.96. The molecule has 1 amide bonds. The number of benzene rings is 2. The molecule has 136 valence electrons. The highest BCUT2D eigenvalue weighted by Gasteiger charge is 2.45. The van der Waals surface area contributed by atoms with Gasteiger partial charge >= 0.3 is 0 Å². The normalized spacial score (nSPS) is 19.2. The first-order valence-corrected chi connectivity index (χ1v) is 8.43.